The van der Waals surface area contributed by atoms with E-state index in [2.05, 4.69) is 31.9 Å². The SMILES string of the molecule is CCn1cc(-c2cc3c(cc2OCCCOC)CC(C(C)(C)C)n2cc(C(=O)O)c(=O)cc2-3)cn1. The Balaban J connectivity index is 1.91. The zero-order valence-corrected chi connectivity index (χ0v) is 21.0. The maximum absolute atomic E-state index is 12.7. The number of methoxy groups -OCH3 is 1. The highest BCUT2D eigenvalue weighted by Gasteiger charge is 2.34. The number of carboxylic acids is 1. The first-order chi connectivity index (χ1) is 16.6. The number of aryl methyl sites for hydroxylation is 1. The van der Waals surface area contributed by atoms with Gasteiger partial charge in [-0.15, -0.1) is 0 Å². The molecule has 0 saturated carbocycles. The number of fused-ring (bicyclic) bond motifs is 3. The van der Waals surface area contributed by atoms with Crippen molar-refractivity contribution in [1.29, 1.82) is 0 Å². The molecule has 1 atom stereocenters. The van der Waals surface area contributed by atoms with Crippen LogP contribution in [-0.4, -0.2) is 45.7 Å². The van der Waals surface area contributed by atoms with Crippen LogP contribution in [-0.2, 0) is 17.7 Å². The van der Waals surface area contributed by atoms with Gasteiger partial charge >= 0.3 is 5.97 Å². The highest BCUT2D eigenvalue weighted by atomic mass is 16.5. The second kappa shape index (κ2) is 9.70. The number of ether oxygens (including phenoxy) is 2. The van der Waals surface area contributed by atoms with E-state index in [0.717, 1.165) is 46.7 Å². The molecule has 0 aliphatic carbocycles. The summed E-state index contributed by atoms with van der Waals surface area (Å²) in [5.41, 5.74) is 3.62. The van der Waals surface area contributed by atoms with Gasteiger partial charge in [0.05, 0.1) is 18.5 Å². The molecule has 3 heterocycles. The van der Waals surface area contributed by atoms with Crippen molar-refractivity contribution in [3.8, 4) is 28.1 Å². The standard InChI is InChI=1S/C27H33N3O5/c1-6-29-15-18(14-28-29)20-12-19-17(10-24(20)35-9-7-8-34-5)11-25(27(2,3)4)30-16-21(26(32)33)23(31)13-22(19)30/h10,12-16,25H,6-9,11H2,1-5H3,(H,32,33). The predicted octanol–water partition coefficient (Wildman–Crippen LogP) is 4.66. The molecule has 1 unspecified atom stereocenters. The summed E-state index contributed by atoms with van der Waals surface area (Å²) in [4.78, 5) is 24.4. The summed E-state index contributed by atoms with van der Waals surface area (Å²) in [6.07, 6.45) is 6.75. The Labute approximate surface area is 205 Å². The number of aromatic carboxylic acids is 1. The molecule has 0 fully saturated rings. The van der Waals surface area contributed by atoms with Gasteiger partial charge in [0.2, 0.25) is 0 Å². The normalized spacial score (nSPS) is 14.9. The van der Waals surface area contributed by atoms with E-state index in [-0.39, 0.29) is 17.0 Å². The minimum atomic E-state index is -1.21. The van der Waals surface area contributed by atoms with Crippen molar-refractivity contribution < 1.29 is 19.4 Å². The third-order valence-electron chi connectivity index (χ3n) is 6.56. The van der Waals surface area contributed by atoms with Crippen molar-refractivity contribution >= 4 is 5.97 Å². The lowest BCUT2D eigenvalue weighted by Crippen LogP contribution is -2.32. The number of aromatic nitrogens is 3. The Morgan fingerprint density at radius 3 is 2.57 bits per heavy atom. The molecule has 35 heavy (non-hydrogen) atoms. The molecule has 1 aliphatic rings. The number of carbonyl (C=O) groups is 1. The fourth-order valence-electron chi connectivity index (χ4n) is 4.65. The van der Waals surface area contributed by atoms with Crippen molar-refractivity contribution in [3.05, 3.63) is 58.1 Å². The largest absolute Gasteiger partial charge is 0.493 e. The number of nitrogens with zero attached hydrogens (tertiary/aromatic N) is 3. The Hall–Kier alpha value is -3.39. The smallest absolute Gasteiger partial charge is 0.341 e. The van der Waals surface area contributed by atoms with Gasteiger partial charge in [0, 0.05) is 67.9 Å². The first-order valence-electron chi connectivity index (χ1n) is 11.9. The molecule has 2 aromatic heterocycles. The summed E-state index contributed by atoms with van der Waals surface area (Å²) in [5.74, 6) is -0.447. The van der Waals surface area contributed by atoms with Gasteiger partial charge in [0.25, 0.3) is 0 Å². The fourth-order valence-corrected chi connectivity index (χ4v) is 4.65. The third-order valence-corrected chi connectivity index (χ3v) is 6.56. The second-order valence-corrected chi connectivity index (χ2v) is 10.0. The molecule has 0 bridgehead atoms. The van der Waals surface area contributed by atoms with Crippen LogP contribution in [0.2, 0.25) is 0 Å². The molecule has 0 radical (unpaired) electrons. The molecule has 1 aromatic carbocycles. The fraction of sp³-hybridized carbons (Fsp3) is 0.444. The molecule has 0 amide bonds. The molecule has 4 rings (SSSR count). The number of benzene rings is 1. The van der Waals surface area contributed by atoms with Gasteiger partial charge in [-0.1, -0.05) is 20.8 Å². The lowest BCUT2D eigenvalue weighted by Gasteiger charge is -2.39. The van der Waals surface area contributed by atoms with Gasteiger partial charge in [0.15, 0.2) is 5.43 Å². The molecule has 1 N–H and O–H groups in total. The van der Waals surface area contributed by atoms with Gasteiger partial charge in [-0.05, 0) is 36.5 Å². The van der Waals surface area contributed by atoms with Gasteiger partial charge in [0.1, 0.15) is 11.3 Å². The molecule has 186 valence electrons. The molecule has 3 aromatic rings. The minimum Gasteiger partial charge on any atom is -0.493 e. The van der Waals surface area contributed by atoms with Crippen LogP contribution in [0.3, 0.4) is 0 Å². The molecule has 8 nitrogen and oxygen atoms in total. The van der Waals surface area contributed by atoms with Gasteiger partial charge < -0.3 is 19.1 Å². The van der Waals surface area contributed by atoms with E-state index >= 15 is 0 Å². The Kier molecular flexibility index (Phi) is 6.85. The zero-order valence-electron chi connectivity index (χ0n) is 21.0. The highest BCUT2D eigenvalue weighted by molar-refractivity contribution is 5.88. The van der Waals surface area contributed by atoms with E-state index in [1.165, 1.54) is 12.3 Å². The summed E-state index contributed by atoms with van der Waals surface area (Å²) >= 11 is 0. The molecule has 8 heteroatoms. The van der Waals surface area contributed by atoms with Crippen LogP contribution in [0, 0.1) is 5.41 Å². The first kappa shape index (κ1) is 24.7. The van der Waals surface area contributed by atoms with Gasteiger partial charge in [-0.3, -0.25) is 9.48 Å². The van der Waals surface area contributed by atoms with E-state index in [0.29, 0.717) is 19.6 Å². The number of rotatable bonds is 8. The summed E-state index contributed by atoms with van der Waals surface area (Å²) in [6, 6.07) is 5.54. The maximum Gasteiger partial charge on any atom is 0.341 e. The average Bonchev–Trinajstić information content (AvgIpc) is 3.29. The quantitative estimate of drug-likeness (QED) is 0.472. The van der Waals surface area contributed by atoms with Crippen molar-refractivity contribution in [2.75, 3.05) is 20.3 Å². The van der Waals surface area contributed by atoms with E-state index in [4.69, 9.17) is 9.47 Å². The van der Waals surface area contributed by atoms with Crippen LogP contribution in [0.5, 0.6) is 5.75 Å². The number of carboxylic acid groups (broad SMARTS) is 1. The average molecular weight is 480 g/mol. The van der Waals surface area contributed by atoms with Gasteiger partial charge in [-0.2, -0.15) is 5.10 Å². The number of hydrogen-bond acceptors (Lipinski definition) is 5. The first-order valence-corrected chi connectivity index (χ1v) is 11.9. The second-order valence-electron chi connectivity index (χ2n) is 10.0. The minimum absolute atomic E-state index is 0.0290. The monoisotopic (exact) mass is 479 g/mol. The molecular formula is C27H33N3O5. The van der Waals surface area contributed by atoms with Crippen LogP contribution >= 0.6 is 0 Å². The lowest BCUT2D eigenvalue weighted by molar-refractivity contribution is 0.0693. The van der Waals surface area contributed by atoms with Crippen molar-refractivity contribution in [1.82, 2.24) is 14.3 Å². The van der Waals surface area contributed by atoms with Crippen LogP contribution in [0.15, 0.2) is 41.6 Å². The van der Waals surface area contributed by atoms with Crippen molar-refractivity contribution in [3.63, 3.8) is 0 Å². The van der Waals surface area contributed by atoms with Crippen molar-refractivity contribution in [2.24, 2.45) is 5.41 Å². The summed E-state index contributed by atoms with van der Waals surface area (Å²) in [6.45, 7) is 10.3. The highest BCUT2D eigenvalue weighted by Crippen LogP contribution is 2.45. The van der Waals surface area contributed by atoms with Crippen LogP contribution < -0.4 is 10.2 Å². The zero-order chi connectivity index (χ0) is 25.3. The Bertz CT molecular complexity index is 1300. The topological polar surface area (TPSA) is 95.6 Å². The van der Waals surface area contributed by atoms with E-state index < -0.39 is 11.4 Å². The molecule has 0 saturated heterocycles. The summed E-state index contributed by atoms with van der Waals surface area (Å²) in [7, 11) is 1.67. The van der Waals surface area contributed by atoms with E-state index in [1.807, 2.05) is 34.6 Å². The summed E-state index contributed by atoms with van der Waals surface area (Å²) in [5, 5.41) is 14.0. The molecular weight excluding hydrogens is 446 g/mol. The Morgan fingerprint density at radius 1 is 1.17 bits per heavy atom. The van der Waals surface area contributed by atoms with E-state index in [9.17, 15) is 14.7 Å². The van der Waals surface area contributed by atoms with Crippen LogP contribution in [0.25, 0.3) is 22.4 Å². The lowest BCUT2D eigenvalue weighted by atomic mass is 9.78. The van der Waals surface area contributed by atoms with Crippen molar-refractivity contribution in [2.45, 2.75) is 53.1 Å². The number of pyridine rings is 1. The van der Waals surface area contributed by atoms with Gasteiger partial charge in [-0.25, -0.2) is 4.79 Å². The Morgan fingerprint density at radius 2 is 1.94 bits per heavy atom. The number of hydrogen-bond donors (Lipinski definition) is 1. The predicted molar refractivity (Wildman–Crippen MR) is 134 cm³/mol. The maximum atomic E-state index is 12.7. The van der Waals surface area contributed by atoms with E-state index in [1.54, 1.807) is 7.11 Å². The molecule has 1 aliphatic heterocycles. The molecule has 0 spiro atoms. The summed E-state index contributed by atoms with van der Waals surface area (Å²) < 4.78 is 15.2. The van der Waals surface area contributed by atoms with Crippen LogP contribution in [0.1, 0.15) is 56.1 Å². The van der Waals surface area contributed by atoms with Crippen LogP contribution in [0.4, 0.5) is 0 Å². The third kappa shape index (κ3) is 4.89.